The number of carbonyl (C=O) groups excluding carboxylic acids is 2. The Morgan fingerprint density at radius 3 is 1.52 bits per heavy atom. The fourth-order valence-corrected chi connectivity index (χ4v) is 6.57. The van der Waals surface area contributed by atoms with Crippen molar-refractivity contribution >= 4 is 11.6 Å². The fourth-order valence-electron chi connectivity index (χ4n) is 6.57. The van der Waals surface area contributed by atoms with E-state index in [0.29, 0.717) is 12.3 Å². The third kappa shape index (κ3) is 10.6. The molecule has 0 fully saturated rings. The number of fused-ring (bicyclic) bond motifs is 2. The number of halogens is 1. The van der Waals surface area contributed by atoms with E-state index in [1.807, 2.05) is 0 Å². The minimum absolute atomic E-state index is 0. The van der Waals surface area contributed by atoms with Crippen molar-refractivity contribution in [1.29, 1.82) is 0 Å². The molecule has 0 saturated carbocycles. The first-order valence-electron chi connectivity index (χ1n) is 16.9. The topological polar surface area (TPSA) is 83.8 Å². The van der Waals surface area contributed by atoms with E-state index in [-0.39, 0.29) is 56.5 Å². The summed E-state index contributed by atoms with van der Waals surface area (Å²) < 4.78 is 6.07. The first-order chi connectivity index (χ1) is 20.7. The maximum Gasteiger partial charge on any atom is 0.201 e. The second-order valence-electron chi connectivity index (χ2n) is 12.9. The molecule has 2 N–H and O–H groups in total. The number of aromatic hydroxyl groups is 2. The molecule has 0 bridgehead atoms. The molecule has 246 valence electrons. The van der Waals surface area contributed by atoms with E-state index in [1.54, 1.807) is 12.1 Å². The Bertz CT molecular complexity index is 1190. The van der Waals surface area contributed by atoms with Gasteiger partial charge in [0.1, 0.15) is 23.8 Å². The monoisotopic (exact) mass is 673 g/mol. The van der Waals surface area contributed by atoms with E-state index >= 15 is 0 Å². The molecule has 44 heavy (non-hydrogen) atoms. The van der Waals surface area contributed by atoms with Gasteiger partial charge in [-0.2, -0.15) is 0 Å². The lowest BCUT2D eigenvalue weighted by Gasteiger charge is -2.35. The summed E-state index contributed by atoms with van der Waals surface area (Å²) in [5, 5.41) is 21.5. The van der Waals surface area contributed by atoms with Crippen molar-refractivity contribution in [2.45, 2.75) is 123 Å². The van der Waals surface area contributed by atoms with E-state index < -0.39 is 5.78 Å². The first kappa shape index (κ1) is 37.8. The van der Waals surface area contributed by atoms with E-state index in [0.717, 1.165) is 36.0 Å². The number of methoxy groups -OCH3 is 1. The number of ketones is 2. The Morgan fingerprint density at radius 1 is 0.614 bits per heavy atom. The summed E-state index contributed by atoms with van der Waals surface area (Å²) in [6.45, 7) is 7.28. The zero-order valence-electron chi connectivity index (χ0n) is 27.7. The molecule has 2 aromatic rings. The van der Waals surface area contributed by atoms with Crippen LogP contribution in [0.3, 0.4) is 0 Å². The maximum absolute atomic E-state index is 13.6. The number of hydrogen-bond acceptors (Lipinski definition) is 5. The van der Waals surface area contributed by atoms with Crippen LogP contribution in [0.4, 0.5) is 0 Å². The van der Waals surface area contributed by atoms with Gasteiger partial charge < -0.3 is 36.4 Å². The van der Waals surface area contributed by atoms with Crippen molar-refractivity contribution in [2.24, 2.45) is 0 Å². The first-order valence-corrected chi connectivity index (χ1v) is 16.9. The number of phenols is 2. The molecule has 3 rings (SSSR count). The minimum atomic E-state index is -0.538. The number of rotatable bonds is 21. The molecular weight excluding hydrogens is 618 g/mol. The Kier molecular flexibility index (Phi) is 16.5. The molecule has 0 spiro atoms. The predicted octanol–water partition coefficient (Wildman–Crippen LogP) is 6.11. The molecule has 0 saturated heterocycles. The van der Waals surface area contributed by atoms with Crippen molar-refractivity contribution in [2.75, 3.05) is 27.2 Å². The number of nitrogens with zero attached hydrogens (tertiary/aromatic N) is 1. The van der Waals surface area contributed by atoms with Gasteiger partial charge in [0, 0.05) is 22.8 Å². The van der Waals surface area contributed by atoms with Crippen molar-refractivity contribution in [3.05, 3.63) is 52.1 Å². The van der Waals surface area contributed by atoms with Crippen molar-refractivity contribution in [3.63, 3.8) is 0 Å². The summed E-state index contributed by atoms with van der Waals surface area (Å²) in [6.07, 6.45) is 20.4. The molecule has 1 aliphatic rings. The van der Waals surface area contributed by atoms with Gasteiger partial charge in [0.05, 0.1) is 38.4 Å². The number of quaternary nitrogens is 1. The highest BCUT2D eigenvalue weighted by Gasteiger charge is 2.36. The highest BCUT2D eigenvalue weighted by molar-refractivity contribution is 6.30. The van der Waals surface area contributed by atoms with Crippen LogP contribution in [0.2, 0.25) is 0 Å². The normalized spacial score (nSPS) is 12.5. The molecular formula is C37H56BrNO5. The van der Waals surface area contributed by atoms with Crippen molar-refractivity contribution in [1.82, 2.24) is 0 Å². The van der Waals surface area contributed by atoms with Gasteiger partial charge in [-0.05, 0) is 43.9 Å². The van der Waals surface area contributed by atoms with Crippen LogP contribution in [0.5, 0.6) is 17.2 Å². The second-order valence-corrected chi connectivity index (χ2v) is 12.9. The van der Waals surface area contributed by atoms with Gasteiger partial charge in [0.2, 0.25) is 5.78 Å². The van der Waals surface area contributed by atoms with E-state index in [4.69, 9.17) is 4.74 Å². The summed E-state index contributed by atoms with van der Waals surface area (Å²) in [5.74, 6) is -1.12. The minimum Gasteiger partial charge on any atom is -1.00 e. The van der Waals surface area contributed by atoms with E-state index in [9.17, 15) is 19.8 Å². The van der Waals surface area contributed by atoms with Crippen LogP contribution in [-0.2, 0) is 6.54 Å². The third-order valence-electron chi connectivity index (χ3n) is 9.11. The van der Waals surface area contributed by atoms with Crippen molar-refractivity contribution < 1.29 is 46.0 Å². The number of benzene rings is 2. The van der Waals surface area contributed by atoms with Crippen LogP contribution >= 0.6 is 0 Å². The van der Waals surface area contributed by atoms with Crippen LogP contribution in [0.15, 0.2) is 24.3 Å². The van der Waals surface area contributed by atoms with Gasteiger partial charge >= 0.3 is 0 Å². The molecule has 7 heteroatoms. The van der Waals surface area contributed by atoms with Gasteiger partial charge in [-0.3, -0.25) is 9.59 Å². The average Bonchev–Trinajstić information content (AvgIpc) is 2.98. The van der Waals surface area contributed by atoms with Crippen LogP contribution < -0.4 is 21.7 Å². The highest BCUT2D eigenvalue weighted by atomic mass is 79.9. The standard InChI is InChI=1S/C37H55NO5.BrH/c1-5-7-9-11-13-15-17-19-21-38(3,22-20-18-16-14-12-10-8-6-2)27-28-23-30-34(32(39)24-28)37(42)35-31(36(30)41)25-29(43-4)26-33(35)40;/h23-26H,5-22,27H2,1-4H3,(H-,39,40,42);1H. The quantitative estimate of drug-likeness (QED) is 0.105. The lowest BCUT2D eigenvalue weighted by molar-refractivity contribution is -0.923. The Balaban J connectivity index is 0.00000675. The summed E-state index contributed by atoms with van der Waals surface area (Å²) >= 11 is 0. The molecule has 0 aliphatic heterocycles. The van der Waals surface area contributed by atoms with Crippen LogP contribution in [0.25, 0.3) is 0 Å². The molecule has 0 amide bonds. The largest absolute Gasteiger partial charge is 1.00 e. The fraction of sp³-hybridized carbons (Fsp3) is 0.622. The maximum atomic E-state index is 13.6. The van der Waals surface area contributed by atoms with Crippen LogP contribution in [-0.4, -0.2) is 53.5 Å². The molecule has 0 heterocycles. The van der Waals surface area contributed by atoms with E-state index in [1.165, 1.54) is 109 Å². The number of hydrogen-bond donors (Lipinski definition) is 2. The molecule has 0 atom stereocenters. The third-order valence-corrected chi connectivity index (χ3v) is 9.11. The molecule has 0 radical (unpaired) electrons. The Labute approximate surface area is 276 Å². The molecule has 6 nitrogen and oxygen atoms in total. The number of ether oxygens (including phenoxy) is 1. The second kappa shape index (κ2) is 19.2. The Hall–Kier alpha value is -2.38. The van der Waals surface area contributed by atoms with Gasteiger partial charge in [-0.15, -0.1) is 0 Å². The van der Waals surface area contributed by atoms with Gasteiger partial charge in [-0.1, -0.05) is 90.9 Å². The SMILES string of the molecule is CCCCCCCCCC[N+](C)(CCCCCCCCCC)Cc1cc(O)c2c(c1)C(=O)c1cc(OC)cc(O)c1C2=O.[Br-]. The Morgan fingerprint density at radius 2 is 1.05 bits per heavy atom. The zero-order valence-corrected chi connectivity index (χ0v) is 29.3. The predicted molar refractivity (Wildman–Crippen MR) is 174 cm³/mol. The van der Waals surface area contributed by atoms with E-state index in [2.05, 4.69) is 20.9 Å². The summed E-state index contributed by atoms with van der Waals surface area (Å²) in [5.41, 5.74) is 1.06. The zero-order chi connectivity index (χ0) is 31.2. The molecule has 0 unspecified atom stereocenters. The average molecular weight is 675 g/mol. The smallest absolute Gasteiger partial charge is 0.201 e. The summed E-state index contributed by atoms with van der Waals surface area (Å²) in [6, 6.07) is 6.24. The molecule has 0 aromatic heterocycles. The van der Waals surface area contributed by atoms with Crippen LogP contribution in [0, 0.1) is 0 Å². The van der Waals surface area contributed by atoms with Gasteiger partial charge in [-0.25, -0.2) is 0 Å². The number of unbranched alkanes of at least 4 members (excludes halogenated alkanes) is 14. The van der Waals surface area contributed by atoms with Gasteiger partial charge in [0.25, 0.3) is 0 Å². The highest BCUT2D eigenvalue weighted by Crippen LogP contribution is 2.39. The number of carbonyl (C=O) groups is 2. The van der Waals surface area contributed by atoms with Gasteiger partial charge in [0.15, 0.2) is 5.78 Å². The molecule has 1 aliphatic carbocycles. The van der Waals surface area contributed by atoms with Crippen LogP contribution in [0.1, 0.15) is 154 Å². The summed E-state index contributed by atoms with van der Waals surface area (Å²) in [7, 11) is 3.75. The molecule has 2 aromatic carbocycles. The lowest BCUT2D eigenvalue weighted by Crippen LogP contribution is -3.00. The van der Waals surface area contributed by atoms with Crippen molar-refractivity contribution in [3.8, 4) is 17.2 Å². The lowest BCUT2D eigenvalue weighted by atomic mass is 9.82. The summed E-state index contributed by atoms with van der Waals surface area (Å²) in [4.78, 5) is 26.9. The number of phenolic OH excluding ortho intramolecular Hbond substituents is 2.